The van der Waals surface area contributed by atoms with Crippen LogP contribution >= 0.6 is 0 Å². The third-order valence-electron chi connectivity index (χ3n) is 4.59. The van der Waals surface area contributed by atoms with Gasteiger partial charge in [0.05, 0.1) is 6.10 Å². The van der Waals surface area contributed by atoms with Crippen molar-refractivity contribution < 1.29 is 14.2 Å². The lowest BCUT2D eigenvalue weighted by molar-refractivity contribution is -0.467. The van der Waals surface area contributed by atoms with Crippen LogP contribution in [-0.2, 0) is 20.6 Å². The van der Waals surface area contributed by atoms with Gasteiger partial charge in [0.1, 0.15) is 0 Å². The van der Waals surface area contributed by atoms with Gasteiger partial charge < -0.3 is 14.2 Å². The van der Waals surface area contributed by atoms with Crippen molar-refractivity contribution in [1.29, 1.82) is 0 Å². The predicted molar refractivity (Wildman–Crippen MR) is 81.1 cm³/mol. The van der Waals surface area contributed by atoms with E-state index in [-0.39, 0.29) is 12.0 Å². The second-order valence-corrected chi connectivity index (χ2v) is 6.10. The van der Waals surface area contributed by atoms with Crippen molar-refractivity contribution >= 4 is 5.90 Å². The molecule has 1 aromatic rings. The van der Waals surface area contributed by atoms with Crippen LogP contribution in [0.15, 0.2) is 35.3 Å². The van der Waals surface area contributed by atoms with E-state index in [9.17, 15) is 0 Å². The number of hydrogen-bond donors (Lipinski definition) is 0. The minimum Gasteiger partial charge on any atom is -0.424 e. The Balaban J connectivity index is 1.78. The number of aliphatic imine (C=N–C) groups is 1. The van der Waals surface area contributed by atoms with E-state index in [1.54, 1.807) is 7.11 Å². The Morgan fingerprint density at radius 3 is 2.62 bits per heavy atom. The van der Waals surface area contributed by atoms with Crippen LogP contribution in [-0.4, -0.2) is 30.6 Å². The summed E-state index contributed by atoms with van der Waals surface area (Å²) in [4.78, 5) is 4.77. The third-order valence-corrected chi connectivity index (χ3v) is 4.59. The number of ether oxygens (including phenoxy) is 3. The second-order valence-electron chi connectivity index (χ2n) is 6.10. The van der Waals surface area contributed by atoms with E-state index in [2.05, 4.69) is 38.1 Å². The molecule has 1 aromatic carbocycles. The summed E-state index contributed by atoms with van der Waals surface area (Å²) in [6.07, 6.45) is 1.90. The van der Waals surface area contributed by atoms with Crippen LogP contribution in [0.4, 0.5) is 0 Å². The van der Waals surface area contributed by atoms with Crippen LogP contribution in [0.2, 0.25) is 0 Å². The number of aryl methyl sites for hydroxylation is 1. The van der Waals surface area contributed by atoms with Gasteiger partial charge in [-0.05, 0) is 24.3 Å². The molecule has 21 heavy (non-hydrogen) atoms. The molecule has 1 saturated heterocycles. The van der Waals surface area contributed by atoms with Crippen LogP contribution in [0.5, 0.6) is 0 Å². The minimum absolute atomic E-state index is 0.0232. The molecular formula is C17H23NO3. The average molecular weight is 289 g/mol. The van der Waals surface area contributed by atoms with Crippen molar-refractivity contribution in [1.82, 2.24) is 0 Å². The van der Waals surface area contributed by atoms with Gasteiger partial charge in [0.2, 0.25) is 0 Å². The maximum atomic E-state index is 6.00. The van der Waals surface area contributed by atoms with Crippen molar-refractivity contribution in [3.63, 3.8) is 0 Å². The fourth-order valence-corrected chi connectivity index (χ4v) is 3.56. The highest BCUT2D eigenvalue weighted by Gasteiger charge is 2.75. The Morgan fingerprint density at radius 2 is 2.00 bits per heavy atom. The normalized spacial score (nSPS) is 34.1. The highest BCUT2D eigenvalue weighted by atomic mass is 16.9. The molecule has 0 spiro atoms. The summed E-state index contributed by atoms with van der Waals surface area (Å²) in [5.74, 6) is -0.0933. The molecule has 0 saturated carbocycles. The Morgan fingerprint density at radius 1 is 1.29 bits per heavy atom. The summed E-state index contributed by atoms with van der Waals surface area (Å²) < 4.78 is 17.3. The van der Waals surface area contributed by atoms with Gasteiger partial charge in [-0.15, -0.1) is 0 Å². The quantitative estimate of drug-likeness (QED) is 0.836. The van der Waals surface area contributed by atoms with Gasteiger partial charge in [-0.2, -0.15) is 0 Å². The van der Waals surface area contributed by atoms with Gasteiger partial charge in [0, 0.05) is 14.0 Å². The van der Waals surface area contributed by atoms with Gasteiger partial charge in [-0.3, -0.25) is 0 Å². The molecule has 114 valence electrons. The number of benzene rings is 1. The van der Waals surface area contributed by atoms with E-state index in [4.69, 9.17) is 19.2 Å². The molecule has 0 unspecified atom stereocenters. The van der Waals surface area contributed by atoms with Crippen LogP contribution in [0.25, 0.3) is 0 Å². The molecule has 0 N–H and O–H groups in total. The molecule has 4 nitrogen and oxygen atoms in total. The summed E-state index contributed by atoms with van der Waals surface area (Å²) >= 11 is 0. The predicted octanol–water partition coefficient (Wildman–Crippen LogP) is 3.16. The first-order valence-electron chi connectivity index (χ1n) is 7.56. The monoisotopic (exact) mass is 289 g/mol. The number of fused-ring (bicyclic) bond motifs is 1. The summed E-state index contributed by atoms with van der Waals surface area (Å²) in [7, 11) is 1.62. The summed E-state index contributed by atoms with van der Waals surface area (Å²) in [5.41, 5.74) is 0.884. The minimum atomic E-state index is -1.02. The van der Waals surface area contributed by atoms with Crippen molar-refractivity contribution in [2.24, 2.45) is 10.9 Å². The van der Waals surface area contributed by atoms with Crippen LogP contribution in [0.3, 0.4) is 0 Å². The fourth-order valence-electron chi connectivity index (χ4n) is 3.56. The second kappa shape index (κ2) is 5.11. The molecule has 2 aliphatic heterocycles. The van der Waals surface area contributed by atoms with Gasteiger partial charge in [0.15, 0.2) is 11.4 Å². The lowest BCUT2D eigenvalue weighted by Crippen LogP contribution is -2.75. The van der Waals surface area contributed by atoms with E-state index in [1.807, 2.05) is 13.0 Å². The molecule has 1 fully saturated rings. The van der Waals surface area contributed by atoms with E-state index in [0.29, 0.717) is 5.90 Å². The maximum Gasteiger partial charge on any atom is 0.357 e. The van der Waals surface area contributed by atoms with E-state index < -0.39 is 11.5 Å². The number of rotatable bonds is 5. The summed E-state index contributed by atoms with van der Waals surface area (Å²) in [6.45, 7) is 6.16. The lowest BCUT2D eigenvalue weighted by atomic mass is 9.73. The van der Waals surface area contributed by atoms with E-state index in [1.165, 1.54) is 5.56 Å². The fraction of sp³-hybridized carbons (Fsp3) is 0.588. The molecule has 0 aliphatic carbocycles. The van der Waals surface area contributed by atoms with Crippen LogP contribution in [0, 0.1) is 5.92 Å². The third kappa shape index (κ3) is 2.00. The first-order valence-corrected chi connectivity index (χ1v) is 7.56. The first kappa shape index (κ1) is 14.5. The largest absolute Gasteiger partial charge is 0.424 e. The molecule has 2 heterocycles. The number of methoxy groups -OCH3 is 1. The molecule has 0 amide bonds. The van der Waals surface area contributed by atoms with Crippen molar-refractivity contribution in [3.8, 4) is 0 Å². The van der Waals surface area contributed by atoms with Gasteiger partial charge in [0.25, 0.3) is 0 Å². The highest BCUT2D eigenvalue weighted by Crippen LogP contribution is 2.56. The maximum absolute atomic E-state index is 6.00. The van der Waals surface area contributed by atoms with E-state index >= 15 is 0 Å². The number of nitrogens with zero attached hydrogens (tertiary/aromatic N) is 1. The Kier molecular flexibility index (Phi) is 3.54. The van der Waals surface area contributed by atoms with Crippen LogP contribution in [0.1, 0.15) is 32.8 Å². The average Bonchev–Trinajstić information content (AvgIpc) is 2.70. The lowest BCUT2D eigenvalue weighted by Gasteiger charge is -2.56. The standard InChI is InChI=1S/C17H23NO3/c1-12(2)16-15(11-10-14-8-6-5-7-9-14)21-17(16,19-4)20-13(3)18-16/h5-9,12,15H,10-11H2,1-4H3/t15-,16+,17-/m1/s1. The summed E-state index contributed by atoms with van der Waals surface area (Å²) in [6, 6.07) is 10.5. The number of hydrogen-bond acceptors (Lipinski definition) is 4. The molecule has 0 aromatic heterocycles. The van der Waals surface area contributed by atoms with Crippen molar-refractivity contribution in [3.05, 3.63) is 35.9 Å². The molecule has 2 aliphatic rings. The molecule has 0 bridgehead atoms. The molecule has 3 atom stereocenters. The molecule has 0 radical (unpaired) electrons. The van der Waals surface area contributed by atoms with Gasteiger partial charge in [-0.1, -0.05) is 44.2 Å². The van der Waals surface area contributed by atoms with Crippen molar-refractivity contribution in [2.45, 2.75) is 51.2 Å². The molecule has 4 heteroatoms. The van der Waals surface area contributed by atoms with Crippen LogP contribution < -0.4 is 0 Å². The Bertz CT molecular complexity index is 542. The zero-order valence-electron chi connectivity index (χ0n) is 13.1. The SMILES string of the molecule is CO[C@@]12OC(C)=N[C@@]1(C(C)C)[C@@H](CCc1ccccc1)O2. The zero-order valence-corrected chi connectivity index (χ0v) is 13.1. The van der Waals surface area contributed by atoms with Gasteiger partial charge in [-0.25, -0.2) is 4.99 Å². The zero-order chi connectivity index (χ0) is 15.1. The Labute approximate surface area is 126 Å². The van der Waals surface area contributed by atoms with Gasteiger partial charge >= 0.3 is 5.97 Å². The smallest absolute Gasteiger partial charge is 0.357 e. The Hall–Kier alpha value is -1.39. The first-order chi connectivity index (χ1) is 10.0. The highest BCUT2D eigenvalue weighted by molar-refractivity contribution is 5.77. The van der Waals surface area contributed by atoms with E-state index in [0.717, 1.165) is 12.8 Å². The van der Waals surface area contributed by atoms with Crippen molar-refractivity contribution in [2.75, 3.05) is 7.11 Å². The summed E-state index contributed by atoms with van der Waals surface area (Å²) in [5, 5.41) is 0. The molecular weight excluding hydrogens is 266 g/mol. The molecule has 3 rings (SSSR count). The topological polar surface area (TPSA) is 40.0 Å².